The van der Waals surface area contributed by atoms with Crippen molar-refractivity contribution in [2.75, 3.05) is 42.8 Å². The number of anilines is 3. The summed E-state index contributed by atoms with van der Waals surface area (Å²) < 4.78 is 10.8. The number of rotatable bonds is 11. The van der Waals surface area contributed by atoms with Gasteiger partial charge in [0.05, 0.1) is 13.7 Å². The van der Waals surface area contributed by atoms with Crippen molar-refractivity contribution in [3.8, 4) is 11.5 Å². The summed E-state index contributed by atoms with van der Waals surface area (Å²) in [6.07, 6.45) is 0.308. The van der Waals surface area contributed by atoms with Crippen LogP contribution in [0.15, 0.2) is 60.7 Å². The lowest BCUT2D eigenvalue weighted by atomic mass is 10.3. The van der Waals surface area contributed by atoms with Gasteiger partial charge in [0.2, 0.25) is 11.9 Å². The predicted molar refractivity (Wildman–Crippen MR) is 122 cm³/mol. The van der Waals surface area contributed by atoms with Crippen LogP contribution in [-0.2, 0) is 4.79 Å². The van der Waals surface area contributed by atoms with E-state index in [4.69, 9.17) is 9.47 Å². The van der Waals surface area contributed by atoms with Gasteiger partial charge in [-0.15, -0.1) is 0 Å². The van der Waals surface area contributed by atoms with Gasteiger partial charge in [-0.3, -0.25) is 4.79 Å². The molecule has 0 radical (unpaired) electrons. The van der Waals surface area contributed by atoms with Crippen LogP contribution in [0, 0.1) is 6.92 Å². The van der Waals surface area contributed by atoms with Gasteiger partial charge in [0.25, 0.3) is 0 Å². The summed E-state index contributed by atoms with van der Waals surface area (Å²) in [5.41, 5.74) is 1.56. The molecule has 0 spiro atoms. The highest BCUT2D eigenvalue weighted by atomic mass is 16.5. The molecule has 0 fully saturated rings. The van der Waals surface area contributed by atoms with E-state index in [9.17, 15) is 4.79 Å². The summed E-state index contributed by atoms with van der Waals surface area (Å²) in [5, 5.41) is 9.19. The van der Waals surface area contributed by atoms with Crippen molar-refractivity contribution in [3.63, 3.8) is 0 Å². The molecule has 0 atom stereocenters. The highest BCUT2D eigenvalue weighted by molar-refractivity contribution is 5.91. The Balaban J connectivity index is 1.41. The topological polar surface area (TPSA) is 97.4 Å². The van der Waals surface area contributed by atoms with E-state index >= 15 is 0 Å². The molecule has 0 aliphatic rings. The number of hydrogen-bond donors (Lipinski definition) is 3. The number of para-hydroxylation sites is 1. The van der Waals surface area contributed by atoms with Crippen molar-refractivity contribution in [1.82, 2.24) is 9.97 Å². The highest BCUT2D eigenvalue weighted by Gasteiger charge is 2.05. The summed E-state index contributed by atoms with van der Waals surface area (Å²) in [7, 11) is 1.60. The summed E-state index contributed by atoms with van der Waals surface area (Å²) in [6, 6.07) is 18.7. The third kappa shape index (κ3) is 7.50. The smallest absolute Gasteiger partial charge is 0.226 e. The fraction of sp³-hybridized carbons (Fsp3) is 0.261. The molecule has 0 unspecified atom stereocenters. The molecule has 8 heteroatoms. The van der Waals surface area contributed by atoms with Gasteiger partial charge in [-0.05, 0) is 43.3 Å². The zero-order valence-corrected chi connectivity index (χ0v) is 17.7. The molecule has 0 saturated carbocycles. The van der Waals surface area contributed by atoms with Gasteiger partial charge in [0.15, 0.2) is 0 Å². The fourth-order valence-electron chi connectivity index (χ4n) is 2.79. The Morgan fingerprint density at radius 2 is 1.71 bits per heavy atom. The van der Waals surface area contributed by atoms with Crippen molar-refractivity contribution < 1.29 is 14.3 Å². The van der Waals surface area contributed by atoms with Crippen LogP contribution in [-0.4, -0.2) is 42.7 Å². The second kappa shape index (κ2) is 11.4. The third-order valence-corrected chi connectivity index (χ3v) is 4.28. The molecule has 0 saturated heterocycles. The first kappa shape index (κ1) is 21.9. The Morgan fingerprint density at radius 3 is 2.45 bits per heavy atom. The minimum atomic E-state index is -0.0835. The van der Waals surface area contributed by atoms with Crippen molar-refractivity contribution in [3.05, 3.63) is 66.4 Å². The first-order valence-corrected chi connectivity index (χ1v) is 10.1. The SMILES string of the molecule is COc1ccc(NC(=O)CCNc2cc(C)nc(NCCOc3ccccc3)n2)cc1. The average molecular weight is 422 g/mol. The maximum absolute atomic E-state index is 12.1. The zero-order chi connectivity index (χ0) is 21.9. The van der Waals surface area contributed by atoms with E-state index in [0.717, 1.165) is 22.9 Å². The molecule has 1 heterocycles. The molecule has 31 heavy (non-hydrogen) atoms. The van der Waals surface area contributed by atoms with Crippen molar-refractivity contribution >= 4 is 23.4 Å². The van der Waals surface area contributed by atoms with Crippen molar-refractivity contribution in [1.29, 1.82) is 0 Å². The van der Waals surface area contributed by atoms with Gasteiger partial charge in [0.1, 0.15) is 23.9 Å². The van der Waals surface area contributed by atoms with E-state index in [1.54, 1.807) is 31.4 Å². The maximum atomic E-state index is 12.1. The molecule has 1 aromatic heterocycles. The van der Waals surface area contributed by atoms with Crippen LogP contribution in [0.4, 0.5) is 17.5 Å². The number of amides is 1. The Bertz CT molecular complexity index is 965. The minimum absolute atomic E-state index is 0.0835. The molecule has 2 aromatic carbocycles. The lowest BCUT2D eigenvalue weighted by Crippen LogP contribution is -2.17. The van der Waals surface area contributed by atoms with Crippen molar-refractivity contribution in [2.24, 2.45) is 0 Å². The molecule has 1 amide bonds. The largest absolute Gasteiger partial charge is 0.497 e. The summed E-state index contributed by atoms with van der Waals surface area (Å²) >= 11 is 0. The third-order valence-electron chi connectivity index (χ3n) is 4.28. The average Bonchev–Trinajstić information content (AvgIpc) is 2.78. The predicted octanol–water partition coefficient (Wildman–Crippen LogP) is 3.73. The number of aromatic nitrogens is 2. The molecular formula is C23H27N5O3. The summed E-state index contributed by atoms with van der Waals surface area (Å²) in [6.45, 7) is 3.42. The summed E-state index contributed by atoms with van der Waals surface area (Å²) in [5.74, 6) is 2.66. The summed E-state index contributed by atoms with van der Waals surface area (Å²) in [4.78, 5) is 21.0. The van der Waals surface area contributed by atoms with Crippen LogP contribution in [0.1, 0.15) is 12.1 Å². The van der Waals surface area contributed by atoms with Crippen LogP contribution in [0.5, 0.6) is 11.5 Å². The number of nitrogens with zero attached hydrogens (tertiary/aromatic N) is 2. The molecule has 0 bridgehead atoms. The second-order valence-corrected chi connectivity index (χ2v) is 6.76. The fourth-order valence-corrected chi connectivity index (χ4v) is 2.79. The minimum Gasteiger partial charge on any atom is -0.497 e. The molecule has 162 valence electrons. The molecule has 3 rings (SSSR count). The maximum Gasteiger partial charge on any atom is 0.226 e. The molecule has 0 aliphatic carbocycles. The Labute approximate surface area is 182 Å². The van der Waals surface area contributed by atoms with Crippen molar-refractivity contribution in [2.45, 2.75) is 13.3 Å². The standard InChI is InChI=1S/C23H27N5O3/c1-17-16-21(24-13-12-22(29)27-18-8-10-19(30-2)11-9-18)28-23(26-17)25-14-15-31-20-6-4-3-5-7-20/h3-11,16H,12-15H2,1-2H3,(H,27,29)(H2,24,25,26,28). The number of carbonyl (C=O) groups is 1. The van der Waals surface area contributed by atoms with Crippen LogP contribution >= 0.6 is 0 Å². The lowest BCUT2D eigenvalue weighted by Gasteiger charge is -2.11. The van der Waals surface area contributed by atoms with E-state index in [2.05, 4.69) is 25.9 Å². The number of nitrogens with one attached hydrogen (secondary N) is 3. The van der Waals surface area contributed by atoms with E-state index < -0.39 is 0 Å². The highest BCUT2D eigenvalue weighted by Crippen LogP contribution is 2.15. The number of methoxy groups -OCH3 is 1. The molecule has 3 aromatic rings. The van der Waals surface area contributed by atoms with E-state index in [-0.39, 0.29) is 5.91 Å². The van der Waals surface area contributed by atoms with Crippen LogP contribution in [0.25, 0.3) is 0 Å². The number of ether oxygens (including phenoxy) is 2. The Hall–Kier alpha value is -3.81. The normalized spacial score (nSPS) is 10.3. The van der Waals surface area contributed by atoms with E-state index in [0.29, 0.717) is 37.9 Å². The molecular weight excluding hydrogens is 394 g/mol. The van der Waals surface area contributed by atoms with Gasteiger partial charge in [-0.25, -0.2) is 4.98 Å². The first-order valence-electron chi connectivity index (χ1n) is 10.1. The van der Waals surface area contributed by atoms with Gasteiger partial charge < -0.3 is 25.4 Å². The number of carbonyl (C=O) groups excluding carboxylic acids is 1. The zero-order valence-electron chi connectivity index (χ0n) is 17.7. The Kier molecular flexibility index (Phi) is 8.05. The van der Waals surface area contributed by atoms with Crippen LogP contribution < -0.4 is 25.4 Å². The number of hydrogen-bond acceptors (Lipinski definition) is 7. The van der Waals surface area contributed by atoms with Gasteiger partial charge in [-0.2, -0.15) is 4.98 Å². The number of benzene rings is 2. The van der Waals surface area contributed by atoms with Crippen LogP contribution in [0.2, 0.25) is 0 Å². The second-order valence-electron chi connectivity index (χ2n) is 6.76. The molecule has 8 nitrogen and oxygen atoms in total. The Morgan fingerprint density at radius 1 is 0.935 bits per heavy atom. The van der Waals surface area contributed by atoms with Gasteiger partial charge >= 0.3 is 0 Å². The quantitative estimate of drug-likeness (QED) is 0.406. The monoisotopic (exact) mass is 421 g/mol. The molecule has 3 N–H and O–H groups in total. The lowest BCUT2D eigenvalue weighted by molar-refractivity contribution is -0.115. The molecule has 0 aliphatic heterocycles. The van der Waals surface area contributed by atoms with Crippen LogP contribution in [0.3, 0.4) is 0 Å². The van der Waals surface area contributed by atoms with Gasteiger partial charge in [0, 0.05) is 30.4 Å². The van der Waals surface area contributed by atoms with Gasteiger partial charge in [-0.1, -0.05) is 18.2 Å². The van der Waals surface area contributed by atoms with E-state index in [1.165, 1.54) is 0 Å². The number of aryl methyl sites for hydroxylation is 1. The first-order chi connectivity index (χ1) is 15.1. The van der Waals surface area contributed by atoms with E-state index in [1.807, 2.05) is 43.3 Å².